The van der Waals surface area contributed by atoms with E-state index in [-0.39, 0.29) is 11.9 Å². The molecule has 0 radical (unpaired) electrons. The maximum atomic E-state index is 13.6. The summed E-state index contributed by atoms with van der Waals surface area (Å²) in [5, 5.41) is 6.30. The number of carbonyl (C=O) groups excluding carboxylic acids is 1. The smallest absolute Gasteiger partial charge is 0.407 e. The SMILES string of the molecule is CCC(CNCc1ccc(Cl)cc1F)NC(=O)OC(C)(C)C. The topological polar surface area (TPSA) is 50.4 Å². The molecule has 4 nitrogen and oxygen atoms in total. The first-order valence-electron chi connectivity index (χ1n) is 7.35. The normalized spacial score (nSPS) is 12.8. The van der Waals surface area contributed by atoms with Crippen LogP contribution in [-0.2, 0) is 11.3 Å². The summed E-state index contributed by atoms with van der Waals surface area (Å²) in [7, 11) is 0. The molecule has 1 unspecified atom stereocenters. The molecular weight excluding hydrogens is 307 g/mol. The van der Waals surface area contributed by atoms with Crippen molar-refractivity contribution in [2.24, 2.45) is 0 Å². The summed E-state index contributed by atoms with van der Waals surface area (Å²) in [5.41, 5.74) is 0.0129. The average Bonchev–Trinajstić information content (AvgIpc) is 2.37. The molecule has 0 aliphatic heterocycles. The van der Waals surface area contributed by atoms with Crippen LogP contribution in [0.4, 0.5) is 9.18 Å². The highest BCUT2D eigenvalue weighted by Gasteiger charge is 2.18. The van der Waals surface area contributed by atoms with Gasteiger partial charge in [-0.25, -0.2) is 9.18 Å². The predicted molar refractivity (Wildman–Crippen MR) is 86.6 cm³/mol. The molecule has 0 saturated heterocycles. The number of alkyl carbamates (subject to hydrolysis) is 1. The fraction of sp³-hybridized carbons (Fsp3) is 0.562. The quantitative estimate of drug-likeness (QED) is 0.832. The summed E-state index contributed by atoms with van der Waals surface area (Å²) in [4.78, 5) is 11.7. The first-order chi connectivity index (χ1) is 10.2. The van der Waals surface area contributed by atoms with Gasteiger partial charge in [0.25, 0.3) is 0 Å². The Labute approximate surface area is 136 Å². The maximum absolute atomic E-state index is 13.6. The van der Waals surface area contributed by atoms with Gasteiger partial charge >= 0.3 is 6.09 Å². The Morgan fingerprint density at radius 1 is 1.41 bits per heavy atom. The van der Waals surface area contributed by atoms with Crippen LogP contribution in [0.3, 0.4) is 0 Å². The van der Waals surface area contributed by atoms with Gasteiger partial charge in [0.05, 0.1) is 0 Å². The largest absolute Gasteiger partial charge is 0.444 e. The third kappa shape index (κ3) is 7.09. The fourth-order valence-electron chi connectivity index (χ4n) is 1.82. The molecule has 0 aliphatic rings. The van der Waals surface area contributed by atoms with Gasteiger partial charge in [0.2, 0.25) is 0 Å². The van der Waals surface area contributed by atoms with Crippen molar-refractivity contribution in [2.75, 3.05) is 6.54 Å². The van der Waals surface area contributed by atoms with Gasteiger partial charge < -0.3 is 15.4 Å². The molecule has 22 heavy (non-hydrogen) atoms. The second kappa shape index (κ2) is 8.34. The van der Waals surface area contributed by atoms with Crippen LogP contribution in [0, 0.1) is 5.82 Å². The number of hydrogen-bond donors (Lipinski definition) is 2. The number of ether oxygens (including phenoxy) is 1. The van der Waals surface area contributed by atoms with Crippen LogP contribution in [0.15, 0.2) is 18.2 Å². The lowest BCUT2D eigenvalue weighted by molar-refractivity contribution is 0.0502. The van der Waals surface area contributed by atoms with Crippen molar-refractivity contribution < 1.29 is 13.9 Å². The van der Waals surface area contributed by atoms with Gasteiger partial charge in [0.15, 0.2) is 0 Å². The highest BCUT2D eigenvalue weighted by atomic mass is 35.5. The molecule has 2 N–H and O–H groups in total. The molecule has 1 aromatic carbocycles. The summed E-state index contributed by atoms with van der Waals surface area (Å²) in [6.07, 6.45) is 0.300. The predicted octanol–water partition coefficient (Wildman–Crippen LogP) is 3.87. The zero-order chi connectivity index (χ0) is 16.8. The van der Waals surface area contributed by atoms with E-state index in [9.17, 15) is 9.18 Å². The van der Waals surface area contributed by atoms with Gasteiger partial charge in [-0.05, 0) is 39.3 Å². The minimum Gasteiger partial charge on any atom is -0.444 e. The second-order valence-corrected chi connectivity index (χ2v) is 6.55. The van der Waals surface area contributed by atoms with Crippen LogP contribution >= 0.6 is 11.6 Å². The number of nitrogens with one attached hydrogen (secondary N) is 2. The van der Waals surface area contributed by atoms with Crippen LogP contribution in [-0.4, -0.2) is 24.3 Å². The average molecular weight is 331 g/mol. The first-order valence-corrected chi connectivity index (χ1v) is 7.73. The third-order valence-electron chi connectivity index (χ3n) is 2.93. The lowest BCUT2D eigenvalue weighted by atomic mass is 10.2. The lowest BCUT2D eigenvalue weighted by Crippen LogP contribution is -2.43. The standard InChI is InChI=1S/C16H24ClFN2O2/c1-5-13(20-15(21)22-16(2,3)4)10-19-9-11-6-7-12(17)8-14(11)18/h6-8,13,19H,5,9-10H2,1-4H3,(H,20,21). The molecule has 1 aromatic rings. The van der Waals surface area contributed by atoms with Crippen molar-refractivity contribution >= 4 is 17.7 Å². The van der Waals surface area contributed by atoms with Gasteiger partial charge in [0.1, 0.15) is 11.4 Å². The van der Waals surface area contributed by atoms with Crippen molar-refractivity contribution in [3.05, 3.63) is 34.6 Å². The number of benzene rings is 1. The van der Waals surface area contributed by atoms with E-state index >= 15 is 0 Å². The summed E-state index contributed by atoms with van der Waals surface area (Å²) < 4.78 is 18.9. The Hall–Kier alpha value is -1.33. The Bertz CT molecular complexity index is 503. The van der Waals surface area contributed by atoms with Gasteiger partial charge in [-0.3, -0.25) is 0 Å². The Kier molecular flexibility index (Phi) is 7.10. The number of hydrogen-bond acceptors (Lipinski definition) is 3. The molecule has 124 valence electrons. The first kappa shape index (κ1) is 18.7. The summed E-state index contributed by atoms with van der Waals surface area (Å²) in [6.45, 7) is 8.30. The zero-order valence-electron chi connectivity index (χ0n) is 13.5. The molecule has 0 heterocycles. The van der Waals surface area contributed by atoms with Crippen molar-refractivity contribution in [3.8, 4) is 0 Å². The minimum absolute atomic E-state index is 0.0785. The van der Waals surface area contributed by atoms with E-state index in [0.717, 1.165) is 6.42 Å². The molecule has 0 spiro atoms. The van der Waals surface area contributed by atoms with E-state index in [1.54, 1.807) is 12.1 Å². The van der Waals surface area contributed by atoms with Crippen molar-refractivity contribution in [3.63, 3.8) is 0 Å². The number of rotatable bonds is 6. The molecule has 1 atom stereocenters. The number of amides is 1. The van der Waals surface area contributed by atoms with Crippen LogP contribution in [0.5, 0.6) is 0 Å². The van der Waals surface area contributed by atoms with Crippen LogP contribution in [0.2, 0.25) is 5.02 Å². The zero-order valence-corrected chi connectivity index (χ0v) is 14.3. The van der Waals surface area contributed by atoms with E-state index < -0.39 is 11.7 Å². The van der Waals surface area contributed by atoms with Crippen LogP contribution in [0.25, 0.3) is 0 Å². The van der Waals surface area contributed by atoms with Crippen LogP contribution in [0.1, 0.15) is 39.7 Å². The summed E-state index contributed by atoms with van der Waals surface area (Å²) >= 11 is 5.71. The molecule has 0 fully saturated rings. The number of halogens is 2. The Morgan fingerprint density at radius 2 is 2.09 bits per heavy atom. The number of carbonyl (C=O) groups is 1. The highest BCUT2D eigenvalue weighted by Crippen LogP contribution is 2.14. The highest BCUT2D eigenvalue weighted by molar-refractivity contribution is 6.30. The fourth-order valence-corrected chi connectivity index (χ4v) is 1.98. The van der Waals surface area contributed by atoms with Gasteiger partial charge in [-0.15, -0.1) is 0 Å². The third-order valence-corrected chi connectivity index (χ3v) is 3.17. The molecule has 1 rings (SSSR count). The molecule has 0 aromatic heterocycles. The molecule has 1 amide bonds. The Morgan fingerprint density at radius 3 is 2.64 bits per heavy atom. The van der Waals surface area contributed by atoms with Gasteiger partial charge in [-0.1, -0.05) is 24.6 Å². The van der Waals surface area contributed by atoms with E-state index in [0.29, 0.717) is 23.7 Å². The molecular formula is C16H24ClFN2O2. The van der Waals surface area contributed by atoms with E-state index in [2.05, 4.69) is 10.6 Å². The molecule has 0 saturated carbocycles. The van der Waals surface area contributed by atoms with E-state index in [1.165, 1.54) is 6.07 Å². The van der Waals surface area contributed by atoms with Crippen molar-refractivity contribution in [2.45, 2.75) is 52.3 Å². The van der Waals surface area contributed by atoms with Crippen LogP contribution < -0.4 is 10.6 Å². The van der Waals surface area contributed by atoms with Gasteiger partial charge in [0, 0.05) is 29.7 Å². The second-order valence-electron chi connectivity index (χ2n) is 6.12. The molecule has 6 heteroatoms. The summed E-state index contributed by atoms with van der Waals surface area (Å²) in [5.74, 6) is -0.340. The molecule has 0 bridgehead atoms. The Balaban J connectivity index is 2.42. The van der Waals surface area contributed by atoms with Gasteiger partial charge in [-0.2, -0.15) is 0 Å². The van der Waals surface area contributed by atoms with E-state index in [4.69, 9.17) is 16.3 Å². The summed E-state index contributed by atoms with van der Waals surface area (Å²) in [6, 6.07) is 4.50. The maximum Gasteiger partial charge on any atom is 0.407 e. The van der Waals surface area contributed by atoms with E-state index in [1.807, 2.05) is 27.7 Å². The van der Waals surface area contributed by atoms with Crippen molar-refractivity contribution in [1.82, 2.24) is 10.6 Å². The monoisotopic (exact) mass is 330 g/mol. The van der Waals surface area contributed by atoms with Crippen molar-refractivity contribution in [1.29, 1.82) is 0 Å². The minimum atomic E-state index is -0.526. The molecule has 0 aliphatic carbocycles. The lowest BCUT2D eigenvalue weighted by Gasteiger charge is -2.23.